The number of halogens is 1. The molecule has 0 bridgehead atoms. The van der Waals surface area contributed by atoms with E-state index in [0.717, 1.165) is 31.6 Å². The van der Waals surface area contributed by atoms with E-state index >= 15 is 0 Å². The van der Waals surface area contributed by atoms with Gasteiger partial charge in [0, 0.05) is 18.7 Å². The fourth-order valence-electron chi connectivity index (χ4n) is 2.14. The van der Waals surface area contributed by atoms with Crippen molar-refractivity contribution in [1.82, 2.24) is 10.4 Å². The van der Waals surface area contributed by atoms with Crippen molar-refractivity contribution in [2.24, 2.45) is 11.8 Å². The van der Waals surface area contributed by atoms with E-state index in [1.165, 1.54) is 0 Å². The predicted molar refractivity (Wildman–Crippen MR) is 62.9 cm³/mol. The first-order valence-electron chi connectivity index (χ1n) is 5.46. The summed E-state index contributed by atoms with van der Waals surface area (Å²) in [6.45, 7) is 1.60. The number of nitrogens with two attached hydrogens (primary N) is 1. The summed E-state index contributed by atoms with van der Waals surface area (Å²) in [6.07, 6.45) is 3.90. The molecular weight excluding hydrogens is 226 g/mol. The number of ether oxygens (including phenoxy) is 1. The summed E-state index contributed by atoms with van der Waals surface area (Å²) >= 11 is 5.87. The third-order valence-electron chi connectivity index (χ3n) is 2.96. The molecule has 0 aliphatic carbocycles. The topological polar surface area (TPSA) is 60.2 Å². The first kappa shape index (κ1) is 11.8. The first-order valence-corrected chi connectivity index (χ1v) is 5.84. The molecule has 2 rings (SSSR count). The second-order valence-electron chi connectivity index (χ2n) is 4.03. The van der Waals surface area contributed by atoms with Gasteiger partial charge in [-0.3, -0.25) is 11.3 Å². The van der Waals surface area contributed by atoms with E-state index in [1.807, 2.05) is 12.1 Å². The summed E-state index contributed by atoms with van der Waals surface area (Å²) in [7, 11) is 0. The summed E-state index contributed by atoms with van der Waals surface area (Å²) in [5, 5.41) is 0.495. The standard InChI is InChI=1S/C11H16ClN3O/c12-10-6-8(3-4-14-10)11(15-13)9-2-1-5-16-7-9/h3-4,6,9,11,15H,1-2,5,7,13H2. The molecular formula is C11H16ClN3O. The van der Waals surface area contributed by atoms with Crippen LogP contribution in [0.25, 0.3) is 0 Å². The van der Waals surface area contributed by atoms with Crippen LogP contribution in [0, 0.1) is 5.92 Å². The Morgan fingerprint density at radius 3 is 3.12 bits per heavy atom. The Kier molecular flexibility index (Phi) is 4.12. The van der Waals surface area contributed by atoms with Gasteiger partial charge in [-0.05, 0) is 30.5 Å². The molecule has 2 atom stereocenters. The molecule has 3 N–H and O–H groups in total. The Labute approximate surface area is 100 Å². The Morgan fingerprint density at radius 1 is 1.62 bits per heavy atom. The molecule has 1 aliphatic rings. The van der Waals surface area contributed by atoms with Crippen molar-refractivity contribution in [3.05, 3.63) is 29.0 Å². The molecule has 16 heavy (non-hydrogen) atoms. The molecule has 5 heteroatoms. The van der Waals surface area contributed by atoms with E-state index in [4.69, 9.17) is 22.2 Å². The zero-order chi connectivity index (χ0) is 11.4. The maximum atomic E-state index is 5.87. The average Bonchev–Trinajstić information content (AvgIpc) is 2.31. The molecule has 2 heterocycles. The number of hydrazine groups is 1. The highest BCUT2D eigenvalue weighted by Gasteiger charge is 2.24. The summed E-state index contributed by atoms with van der Waals surface area (Å²) < 4.78 is 5.47. The highest BCUT2D eigenvalue weighted by Crippen LogP contribution is 2.28. The number of hydrogen-bond acceptors (Lipinski definition) is 4. The highest BCUT2D eigenvalue weighted by atomic mass is 35.5. The van der Waals surface area contributed by atoms with Crippen LogP contribution in [0.2, 0.25) is 5.15 Å². The van der Waals surface area contributed by atoms with Crippen molar-refractivity contribution in [2.45, 2.75) is 18.9 Å². The summed E-state index contributed by atoms with van der Waals surface area (Å²) in [5.74, 6) is 6.02. The van der Waals surface area contributed by atoms with E-state index in [2.05, 4.69) is 10.4 Å². The highest BCUT2D eigenvalue weighted by molar-refractivity contribution is 6.29. The van der Waals surface area contributed by atoms with Gasteiger partial charge in [0.15, 0.2) is 0 Å². The van der Waals surface area contributed by atoms with Gasteiger partial charge in [-0.15, -0.1) is 0 Å². The molecule has 0 radical (unpaired) electrons. The lowest BCUT2D eigenvalue weighted by atomic mass is 9.90. The summed E-state index contributed by atoms with van der Waals surface area (Å²) in [6, 6.07) is 3.87. The van der Waals surface area contributed by atoms with Crippen LogP contribution in [0.1, 0.15) is 24.4 Å². The van der Waals surface area contributed by atoms with Gasteiger partial charge in [-0.2, -0.15) is 0 Å². The van der Waals surface area contributed by atoms with E-state index in [9.17, 15) is 0 Å². The SMILES string of the molecule is NNC(c1ccnc(Cl)c1)C1CCCOC1. The maximum absolute atomic E-state index is 5.87. The predicted octanol–water partition coefficient (Wildman–Crippen LogP) is 1.67. The van der Waals surface area contributed by atoms with Crippen molar-refractivity contribution in [1.29, 1.82) is 0 Å². The molecule has 88 valence electrons. The number of nitrogens with one attached hydrogen (secondary N) is 1. The summed E-state index contributed by atoms with van der Waals surface area (Å²) in [5.41, 5.74) is 3.92. The van der Waals surface area contributed by atoms with Gasteiger partial charge in [0.1, 0.15) is 5.15 Å². The van der Waals surface area contributed by atoms with E-state index in [-0.39, 0.29) is 6.04 Å². The van der Waals surface area contributed by atoms with Crippen LogP contribution in [0.3, 0.4) is 0 Å². The van der Waals surface area contributed by atoms with Crippen LogP contribution in [-0.2, 0) is 4.74 Å². The Balaban J connectivity index is 2.14. The minimum atomic E-state index is 0.0841. The second-order valence-corrected chi connectivity index (χ2v) is 4.42. The number of pyridine rings is 1. The molecule has 4 nitrogen and oxygen atoms in total. The van der Waals surface area contributed by atoms with Crippen molar-refractivity contribution >= 4 is 11.6 Å². The van der Waals surface area contributed by atoms with Crippen LogP contribution in [-0.4, -0.2) is 18.2 Å². The van der Waals surface area contributed by atoms with Crippen LogP contribution >= 0.6 is 11.6 Å². The van der Waals surface area contributed by atoms with Gasteiger partial charge < -0.3 is 4.74 Å². The van der Waals surface area contributed by atoms with Gasteiger partial charge >= 0.3 is 0 Å². The number of aromatic nitrogens is 1. The fraction of sp³-hybridized carbons (Fsp3) is 0.545. The van der Waals surface area contributed by atoms with E-state index in [1.54, 1.807) is 6.20 Å². The third kappa shape index (κ3) is 2.71. The minimum Gasteiger partial charge on any atom is -0.381 e. The number of rotatable bonds is 3. The maximum Gasteiger partial charge on any atom is 0.129 e. The molecule has 0 aromatic carbocycles. The van der Waals surface area contributed by atoms with Crippen LogP contribution < -0.4 is 11.3 Å². The van der Waals surface area contributed by atoms with Crippen molar-refractivity contribution in [2.75, 3.05) is 13.2 Å². The van der Waals surface area contributed by atoms with Gasteiger partial charge in [0.05, 0.1) is 12.6 Å². The Bertz CT molecular complexity index is 342. The quantitative estimate of drug-likeness (QED) is 0.480. The van der Waals surface area contributed by atoms with Gasteiger partial charge in [0.25, 0.3) is 0 Å². The summed E-state index contributed by atoms with van der Waals surface area (Å²) in [4.78, 5) is 3.97. The molecule has 1 aliphatic heterocycles. The molecule has 0 saturated carbocycles. The number of nitrogens with zero attached hydrogens (tertiary/aromatic N) is 1. The Hall–Kier alpha value is -0.680. The van der Waals surface area contributed by atoms with Crippen molar-refractivity contribution < 1.29 is 4.74 Å². The monoisotopic (exact) mass is 241 g/mol. The normalized spacial score (nSPS) is 23.0. The molecule has 2 unspecified atom stereocenters. The molecule has 1 aromatic rings. The zero-order valence-corrected chi connectivity index (χ0v) is 9.78. The number of hydrogen-bond donors (Lipinski definition) is 2. The van der Waals surface area contributed by atoms with Crippen LogP contribution in [0.5, 0.6) is 0 Å². The second kappa shape index (κ2) is 5.59. The molecule has 0 spiro atoms. The lowest BCUT2D eigenvalue weighted by Crippen LogP contribution is -2.37. The zero-order valence-electron chi connectivity index (χ0n) is 9.03. The van der Waals surface area contributed by atoms with Crippen LogP contribution in [0.15, 0.2) is 18.3 Å². The minimum absolute atomic E-state index is 0.0841. The Morgan fingerprint density at radius 2 is 2.50 bits per heavy atom. The lowest BCUT2D eigenvalue weighted by molar-refractivity contribution is 0.0390. The molecule has 1 saturated heterocycles. The largest absolute Gasteiger partial charge is 0.381 e. The van der Waals surface area contributed by atoms with Gasteiger partial charge in [-0.25, -0.2) is 4.98 Å². The fourth-order valence-corrected chi connectivity index (χ4v) is 2.33. The molecule has 0 amide bonds. The average molecular weight is 242 g/mol. The smallest absolute Gasteiger partial charge is 0.129 e. The van der Waals surface area contributed by atoms with Crippen molar-refractivity contribution in [3.63, 3.8) is 0 Å². The van der Waals surface area contributed by atoms with E-state index in [0.29, 0.717) is 11.1 Å². The lowest BCUT2D eigenvalue weighted by Gasteiger charge is -2.30. The first-order chi connectivity index (χ1) is 7.81. The van der Waals surface area contributed by atoms with Gasteiger partial charge in [0.2, 0.25) is 0 Å². The molecule has 1 aromatic heterocycles. The van der Waals surface area contributed by atoms with Crippen molar-refractivity contribution in [3.8, 4) is 0 Å². The molecule has 1 fully saturated rings. The third-order valence-corrected chi connectivity index (χ3v) is 3.16. The van der Waals surface area contributed by atoms with Gasteiger partial charge in [-0.1, -0.05) is 11.6 Å². The van der Waals surface area contributed by atoms with Crippen LogP contribution in [0.4, 0.5) is 0 Å². The van der Waals surface area contributed by atoms with E-state index < -0.39 is 0 Å².